The van der Waals surface area contributed by atoms with Gasteiger partial charge in [-0.05, 0) is 18.2 Å². The summed E-state index contributed by atoms with van der Waals surface area (Å²) < 4.78 is 0. The van der Waals surface area contributed by atoms with Crippen LogP contribution in [0.4, 0.5) is 0 Å². The van der Waals surface area contributed by atoms with Crippen molar-refractivity contribution >= 4 is 36.9 Å². The molecule has 0 bridgehead atoms. The van der Waals surface area contributed by atoms with Gasteiger partial charge >= 0.3 is 0 Å². The first-order valence-electron chi connectivity index (χ1n) is 5.64. The maximum Gasteiger partial charge on any atom is 0.114 e. The first-order valence-corrected chi connectivity index (χ1v) is 15.7. The van der Waals surface area contributed by atoms with Crippen LogP contribution in [0.15, 0.2) is 34.1 Å². The smallest absolute Gasteiger partial charge is 0.114 e. The summed E-state index contributed by atoms with van der Waals surface area (Å²) >= 11 is 4.16. The Balaban J connectivity index is 2.79. The average Bonchev–Trinajstić information content (AvgIpc) is 1.96. The van der Waals surface area contributed by atoms with Gasteiger partial charge in [0.15, 0.2) is 0 Å². The van der Waals surface area contributed by atoms with Crippen LogP contribution < -0.4 is 0 Å². The largest absolute Gasteiger partial charge is 0.152 e. The van der Waals surface area contributed by atoms with Crippen LogP contribution in [-0.4, -0.2) is 14.4 Å². The van der Waals surface area contributed by atoms with E-state index < -0.39 is 14.4 Å². The third-order valence-corrected chi connectivity index (χ3v) is 8.95. The summed E-state index contributed by atoms with van der Waals surface area (Å²) in [5.41, 5.74) is 0. The lowest BCUT2D eigenvalue weighted by Crippen LogP contribution is -2.14. The molecular weight excluding hydrogens is 264 g/mol. The molecule has 0 unspecified atom stereocenters. The molecule has 1 aromatic rings. The van der Waals surface area contributed by atoms with Crippen LogP contribution in [0, 0.1) is 0 Å². The van der Waals surface area contributed by atoms with Crippen molar-refractivity contribution in [1.29, 1.82) is 0 Å². The highest BCUT2D eigenvalue weighted by Gasteiger charge is 2.17. The summed E-state index contributed by atoms with van der Waals surface area (Å²) in [7, 11) is -2.12. The van der Waals surface area contributed by atoms with Crippen molar-refractivity contribution in [2.24, 2.45) is 0 Å². The van der Waals surface area contributed by atoms with Crippen LogP contribution in [0.1, 0.15) is 0 Å². The second-order valence-corrected chi connectivity index (χ2v) is 24.3. The van der Waals surface area contributed by atoms with E-state index in [1.54, 1.807) is 0 Å². The molecule has 1 rings (SSSR count). The number of hydrogen-bond acceptors (Lipinski definition) is 2. The van der Waals surface area contributed by atoms with Crippen molar-refractivity contribution in [3.63, 3.8) is 0 Å². The molecule has 0 saturated heterocycles. The molecule has 0 aromatic heterocycles. The molecule has 0 saturated carbocycles. The van der Waals surface area contributed by atoms with Crippen LogP contribution in [0.25, 0.3) is 0 Å². The van der Waals surface area contributed by atoms with Gasteiger partial charge in [0.25, 0.3) is 0 Å². The molecule has 90 valence electrons. The van der Waals surface area contributed by atoms with Crippen LogP contribution >= 0.6 is 22.4 Å². The Bertz CT molecular complexity index is 320. The first-order chi connectivity index (χ1) is 7.16. The lowest BCUT2D eigenvalue weighted by molar-refractivity contribution is 1.34. The molecule has 0 aliphatic rings. The minimum atomic E-state index is -1.06. The fraction of sp³-hybridized carbons (Fsp3) is 0.500. The summed E-state index contributed by atoms with van der Waals surface area (Å²) in [6.07, 6.45) is 0. The summed E-state index contributed by atoms with van der Waals surface area (Å²) in [6, 6.07) is 9.06. The van der Waals surface area contributed by atoms with Crippen molar-refractivity contribution in [3.8, 4) is 0 Å². The van der Waals surface area contributed by atoms with Crippen LogP contribution in [0.2, 0.25) is 39.3 Å². The maximum atomic E-state index is 2.40. The fourth-order valence-electron chi connectivity index (χ4n) is 1.31. The van der Waals surface area contributed by atoms with Crippen molar-refractivity contribution < 1.29 is 0 Å². The van der Waals surface area contributed by atoms with Gasteiger partial charge in [-0.15, -0.1) is 0 Å². The van der Waals surface area contributed by atoms with Gasteiger partial charge in [-0.1, -0.05) is 45.3 Å². The third kappa shape index (κ3) is 6.18. The molecule has 0 amide bonds. The predicted molar refractivity (Wildman–Crippen MR) is 84.8 cm³/mol. The molecule has 0 atom stereocenters. The highest BCUT2D eigenvalue weighted by atomic mass is 32.4. The Labute approximate surface area is 110 Å². The van der Waals surface area contributed by atoms with Crippen LogP contribution in [-0.2, 0) is 0 Å². The first kappa shape index (κ1) is 14.4. The van der Waals surface area contributed by atoms with E-state index in [-0.39, 0.29) is 0 Å². The van der Waals surface area contributed by atoms with E-state index >= 15 is 0 Å². The topological polar surface area (TPSA) is 0 Å². The highest BCUT2D eigenvalue weighted by Crippen LogP contribution is 2.34. The van der Waals surface area contributed by atoms with Gasteiger partial charge in [0.1, 0.15) is 14.4 Å². The van der Waals surface area contributed by atoms with E-state index in [9.17, 15) is 0 Å². The van der Waals surface area contributed by atoms with E-state index in [0.717, 1.165) is 0 Å². The van der Waals surface area contributed by atoms with Crippen molar-refractivity contribution in [1.82, 2.24) is 0 Å². The van der Waals surface area contributed by atoms with Crippen molar-refractivity contribution in [2.75, 3.05) is 0 Å². The molecule has 16 heavy (non-hydrogen) atoms. The minimum absolute atomic E-state index is 1.06. The quantitative estimate of drug-likeness (QED) is 0.666. The van der Waals surface area contributed by atoms with E-state index in [1.165, 1.54) is 9.79 Å². The molecule has 0 fully saturated rings. The Morgan fingerprint density at radius 1 is 0.750 bits per heavy atom. The Hall–Kier alpha value is 0.354. The zero-order valence-corrected chi connectivity index (χ0v) is 14.8. The van der Waals surface area contributed by atoms with E-state index in [1.807, 2.05) is 0 Å². The fourth-order valence-corrected chi connectivity index (χ4v) is 8.47. The van der Waals surface area contributed by atoms with E-state index in [0.29, 0.717) is 0 Å². The normalized spacial score (nSPS) is 12.9. The maximum absolute atomic E-state index is 2.40. The third-order valence-electron chi connectivity index (χ3n) is 1.65. The second-order valence-electron chi connectivity index (χ2n) is 5.90. The number of benzene rings is 1. The van der Waals surface area contributed by atoms with Gasteiger partial charge < -0.3 is 0 Å². The summed E-state index contributed by atoms with van der Waals surface area (Å²) in [5, 5.41) is 0. The molecule has 0 heterocycles. The average molecular weight is 287 g/mol. The Morgan fingerprint density at radius 3 is 1.44 bits per heavy atom. The molecule has 0 N–H and O–H groups in total. The van der Waals surface area contributed by atoms with Gasteiger partial charge in [0, 0.05) is 9.79 Å². The Morgan fingerprint density at radius 2 is 1.12 bits per heavy atom. The second kappa shape index (κ2) is 5.33. The predicted octanol–water partition coefficient (Wildman–Crippen LogP) is 5.54. The molecule has 1 aromatic carbocycles. The zero-order chi connectivity index (χ0) is 12.4. The summed E-state index contributed by atoms with van der Waals surface area (Å²) in [5.74, 6) is 0. The molecule has 0 nitrogen and oxygen atoms in total. The molecule has 0 radical (unpaired) electrons. The van der Waals surface area contributed by atoms with Crippen LogP contribution in [0.5, 0.6) is 0 Å². The molecule has 4 heteroatoms. The molecular formula is C12H22S2Si2. The lowest BCUT2D eigenvalue weighted by Gasteiger charge is -2.18. The van der Waals surface area contributed by atoms with Crippen molar-refractivity contribution in [2.45, 2.75) is 49.1 Å². The standard InChI is InChI=1S/C12H22S2Si2/c1-15(2,3)13-11-8-7-9-12(10-11)14-16(4,5)6/h7-10H,1-6H3. The SMILES string of the molecule is C[Si](C)(C)Sc1cccc(S[Si](C)(C)C)c1. The van der Waals surface area contributed by atoms with Gasteiger partial charge in [-0.25, -0.2) is 0 Å². The van der Waals surface area contributed by atoms with Gasteiger partial charge in [-0.3, -0.25) is 0 Å². The molecule has 0 spiro atoms. The van der Waals surface area contributed by atoms with Gasteiger partial charge in [0.2, 0.25) is 0 Å². The highest BCUT2D eigenvalue weighted by molar-refractivity contribution is 8.29. The monoisotopic (exact) mass is 286 g/mol. The Kier molecular flexibility index (Phi) is 4.81. The molecule has 0 aliphatic carbocycles. The number of rotatable bonds is 4. The van der Waals surface area contributed by atoms with Gasteiger partial charge in [0.05, 0.1) is 0 Å². The summed E-state index contributed by atoms with van der Waals surface area (Å²) in [4.78, 5) is 2.89. The van der Waals surface area contributed by atoms with Gasteiger partial charge in [-0.2, -0.15) is 22.4 Å². The number of hydrogen-bond donors (Lipinski definition) is 0. The summed E-state index contributed by atoms with van der Waals surface area (Å²) in [6.45, 7) is 14.4. The van der Waals surface area contributed by atoms with Crippen molar-refractivity contribution in [3.05, 3.63) is 24.3 Å². The zero-order valence-electron chi connectivity index (χ0n) is 11.1. The minimum Gasteiger partial charge on any atom is -0.152 e. The van der Waals surface area contributed by atoms with E-state index in [2.05, 4.69) is 86.0 Å². The van der Waals surface area contributed by atoms with Crippen LogP contribution in [0.3, 0.4) is 0 Å². The van der Waals surface area contributed by atoms with E-state index in [4.69, 9.17) is 0 Å². The molecule has 0 aliphatic heterocycles. The lowest BCUT2D eigenvalue weighted by atomic mass is 10.4.